The molecule has 0 amide bonds. The van der Waals surface area contributed by atoms with Crippen LogP contribution in [-0.4, -0.2) is 29.2 Å². The zero-order valence-corrected chi connectivity index (χ0v) is 8.00. The Morgan fingerprint density at radius 3 is 2.31 bits per heavy atom. The molecule has 0 unspecified atom stereocenters. The van der Waals surface area contributed by atoms with Gasteiger partial charge in [0.2, 0.25) is 0 Å². The lowest BCUT2D eigenvalue weighted by molar-refractivity contribution is -0.249. The minimum atomic E-state index is -4.14. The molecule has 1 aliphatic heterocycles. The third-order valence-electron chi connectivity index (χ3n) is 2.25. The molecule has 0 radical (unpaired) electrons. The molecule has 0 bridgehead atoms. The van der Waals surface area contributed by atoms with Gasteiger partial charge in [-0.1, -0.05) is 18.8 Å². The summed E-state index contributed by atoms with van der Waals surface area (Å²) in [5, 5.41) is 0. The summed E-state index contributed by atoms with van der Waals surface area (Å²) >= 11 is 4.79. The van der Waals surface area contributed by atoms with Gasteiger partial charge >= 0.3 is 6.18 Å². The van der Waals surface area contributed by atoms with Crippen molar-refractivity contribution in [3.05, 3.63) is 12.7 Å². The molecule has 1 nitrogen and oxygen atoms in total. The number of halogens is 3. The fourth-order valence-electron chi connectivity index (χ4n) is 1.26. The van der Waals surface area contributed by atoms with Gasteiger partial charge in [0.25, 0.3) is 0 Å². The normalized spacial score (nSPS) is 20.8. The summed E-state index contributed by atoms with van der Waals surface area (Å²) in [5.41, 5.74) is -1.60. The van der Waals surface area contributed by atoms with Gasteiger partial charge in [0, 0.05) is 13.1 Å². The van der Waals surface area contributed by atoms with E-state index < -0.39 is 11.6 Å². The third kappa shape index (κ3) is 1.70. The van der Waals surface area contributed by atoms with Crippen molar-refractivity contribution in [3.63, 3.8) is 0 Å². The second kappa shape index (κ2) is 2.97. The number of rotatable bonds is 1. The molecule has 0 aromatic heterocycles. The van der Waals surface area contributed by atoms with Crippen molar-refractivity contribution >= 4 is 17.2 Å². The van der Waals surface area contributed by atoms with Crippen LogP contribution in [0.2, 0.25) is 0 Å². The molecule has 5 heteroatoms. The summed E-state index contributed by atoms with van der Waals surface area (Å²) < 4.78 is 37.0. The molecule has 1 saturated heterocycles. The second-order valence-corrected chi connectivity index (χ2v) is 3.88. The van der Waals surface area contributed by atoms with Crippen LogP contribution in [0, 0.1) is 5.41 Å². The summed E-state index contributed by atoms with van der Waals surface area (Å²) in [4.78, 5) is 1.89. The van der Waals surface area contributed by atoms with E-state index >= 15 is 0 Å². The molecular formula is C8H10F3NS. The van der Waals surface area contributed by atoms with Crippen molar-refractivity contribution in [2.45, 2.75) is 13.1 Å². The Kier molecular flexibility index (Phi) is 2.40. The van der Waals surface area contributed by atoms with Gasteiger partial charge in [-0.15, -0.1) is 0 Å². The van der Waals surface area contributed by atoms with Gasteiger partial charge in [0.1, 0.15) is 4.99 Å². The van der Waals surface area contributed by atoms with Gasteiger partial charge in [0.05, 0.1) is 5.41 Å². The Morgan fingerprint density at radius 2 is 2.00 bits per heavy atom. The van der Waals surface area contributed by atoms with Crippen LogP contribution in [0.4, 0.5) is 13.2 Å². The molecule has 0 atom stereocenters. The molecule has 1 fully saturated rings. The zero-order valence-electron chi connectivity index (χ0n) is 7.19. The topological polar surface area (TPSA) is 3.24 Å². The monoisotopic (exact) mass is 209 g/mol. The van der Waals surface area contributed by atoms with Crippen LogP contribution in [0.5, 0.6) is 0 Å². The van der Waals surface area contributed by atoms with E-state index in [0.29, 0.717) is 4.99 Å². The molecule has 0 spiro atoms. The molecule has 1 heterocycles. The van der Waals surface area contributed by atoms with Crippen LogP contribution in [0.3, 0.4) is 0 Å². The smallest absolute Gasteiger partial charge is 0.361 e. The maximum atomic E-state index is 12.3. The summed E-state index contributed by atoms with van der Waals surface area (Å²) in [7, 11) is 0. The van der Waals surface area contributed by atoms with Gasteiger partial charge < -0.3 is 4.90 Å². The number of nitrogens with zero attached hydrogens (tertiary/aromatic N) is 1. The number of likely N-dealkylation sites (tertiary alicyclic amines) is 1. The molecule has 13 heavy (non-hydrogen) atoms. The van der Waals surface area contributed by atoms with Crippen molar-refractivity contribution < 1.29 is 13.2 Å². The lowest BCUT2D eigenvalue weighted by atomic mass is 9.81. The van der Waals surface area contributed by atoms with E-state index in [0.717, 1.165) is 0 Å². The van der Waals surface area contributed by atoms with Crippen LogP contribution in [0.25, 0.3) is 0 Å². The Labute approximate surface area is 80.2 Å². The van der Waals surface area contributed by atoms with Crippen molar-refractivity contribution in [1.29, 1.82) is 0 Å². The third-order valence-corrected chi connectivity index (χ3v) is 2.68. The van der Waals surface area contributed by atoms with E-state index in [1.807, 2.05) is 0 Å². The molecule has 0 aliphatic carbocycles. The Balaban J connectivity index is 2.58. The fourth-order valence-corrected chi connectivity index (χ4v) is 1.39. The molecule has 0 N–H and O–H groups in total. The van der Waals surface area contributed by atoms with Gasteiger partial charge in [0.15, 0.2) is 0 Å². The lowest BCUT2D eigenvalue weighted by Gasteiger charge is -2.49. The lowest BCUT2D eigenvalue weighted by Crippen LogP contribution is -2.62. The molecule has 0 aromatic rings. The predicted octanol–water partition coefficient (Wildman–Crippen LogP) is 2.38. The van der Waals surface area contributed by atoms with Crippen molar-refractivity contribution in [2.75, 3.05) is 13.1 Å². The number of alkyl halides is 3. The quantitative estimate of drug-likeness (QED) is 0.482. The van der Waals surface area contributed by atoms with Crippen LogP contribution in [0.15, 0.2) is 12.7 Å². The summed E-state index contributed by atoms with van der Waals surface area (Å²) in [5.74, 6) is 0. The van der Waals surface area contributed by atoms with E-state index in [2.05, 4.69) is 6.58 Å². The SMILES string of the molecule is C=CC(=S)N1CC(C)(C(F)(F)F)C1. The van der Waals surface area contributed by atoms with E-state index in [1.54, 1.807) is 0 Å². The Morgan fingerprint density at radius 1 is 1.54 bits per heavy atom. The minimum absolute atomic E-state index is 0.0542. The standard InChI is InChI=1S/C8H10F3NS/c1-3-6(13)12-4-7(2,5-12)8(9,10)11/h3H,1,4-5H2,2H3. The largest absolute Gasteiger partial charge is 0.397 e. The minimum Gasteiger partial charge on any atom is -0.361 e. The highest BCUT2D eigenvalue weighted by Gasteiger charge is 2.58. The summed E-state index contributed by atoms with van der Waals surface area (Å²) in [6.07, 6.45) is -2.74. The summed E-state index contributed by atoms with van der Waals surface area (Å²) in [6.45, 7) is 4.50. The van der Waals surface area contributed by atoms with Gasteiger partial charge in [-0.25, -0.2) is 0 Å². The first-order valence-corrected chi connectivity index (χ1v) is 4.19. The van der Waals surface area contributed by atoms with Crippen LogP contribution in [0.1, 0.15) is 6.92 Å². The van der Waals surface area contributed by atoms with Crippen molar-refractivity contribution in [2.24, 2.45) is 5.41 Å². The average molecular weight is 209 g/mol. The maximum absolute atomic E-state index is 12.3. The average Bonchev–Trinajstić information content (AvgIpc) is 1.95. The first-order valence-electron chi connectivity index (χ1n) is 3.78. The first-order chi connectivity index (χ1) is 5.80. The molecule has 1 aliphatic rings. The Bertz CT molecular complexity index is 240. The van der Waals surface area contributed by atoms with Crippen molar-refractivity contribution in [3.8, 4) is 0 Å². The molecule has 1 rings (SSSR count). The van der Waals surface area contributed by atoms with Crippen LogP contribution >= 0.6 is 12.2 Å². The molecular weight excluding hydrogens is 199 g/mol. The van der Waals surface area contributed by atoms with Gasteiger partial charge in [-0.3, -0.25) is 0 Å². The van der Waals surface area contributed by atoms with E-state index in [4.69, 9.17) is 12.2 Å². The Hall–Kier alpha value is -0.580. The van der Waals surface area contributed by atoms with E-state index in [9.17, 15) is 13.2 Å². The number of hydrogen-bond acceptors (Lipinski definition) is 1. The van der Waals surface area contributed by atoms with Gasteiger partial charge in [-0.05, 0) is 13.0 Å². The molecule has 0 saturated carbocycles. The highest BCUT2D eigenvalue weighted by atomic mass is 32.1. The highest BCUT2D eigenvalue weighted by molar-refractivity contribution is 7.80. The highest BCUT2D eigenvalue weighted by Crippen LogP contribution is 2.45. The summed E-state index contributed by atoms with van der Waals surface area (Å²) in [6, 6.07) is 0. The number of hydrogen-bond donors (Lipinski definition) is 0. The zero-order chi connectivity index (χ0) is 10.3. The molecule has 74 valence electrons. The van der Waals surface area contributed by atoms with Crippen LogP contribution < -0.4 is 0 Å². The van der Waals surface area contributed by atoms with E-state index in [-0.39, 0.29) is 13.1 Å². The molecule has 0 aromatic carbocycles. The van der Waals surface area contributed by atoms with Crippen LogP contribution in [-0.2, 0) is 0 Å². The fraction of sp³-hybridized carbons (Fsp3) is 0.625. The van der Waals surface area contributed by atoms with Crippen molar-refractivity contribution in [1.82, 2.24) is 4.90 Å². The van der Waals surface area contributed by atoms with Gasteiger partial charge in [-0.2, -0.15) is 13.2 Å². The first kappa shape index (κ1) is 10.5. The maximum Gasteiger partial charge on any atom is 0.397 e. The predicted molar refractivity (Wildman–Crippen MR) is 48.5 cm³/mol. The number of thiocarbonyl (C=S) groups is 1. The second-order valence-electron chi connectivity index (χ2n) is 3.46. The van der Waals surface area contributed by atoms with E-state index in [1.165, 1.54) is 17.9 Å².